The first kappa shape index (κ1) is 11.7. The Morgan fingerprint density at radius 1 is 1.53 bits per heavy atom. The van der Waals surface area contributed by atoms with E-state index in [2.05, 4.69) is 18.7 Å². The number of hydrogen-bond acceptors (Lipinski definition) is 2. The minimum absolute atomic E-state index is 0.0999. The third-order valence-electron chi connectivity index (χ3n) is 3.28. The molecule has 1 aromatic rings. The van der Waals surface area contributed by atoms with Crippen LogP contribution >= 0.6 is 0 Å². The van der Waals surface area contributed by atoms with Crippen molar-refractivity contribution in [3.63, 3.8) is 0 Å². The molecule has 0 bridgehead atoms. The number of hydrogen-bond donors (Lipinski definition) is 0. The van der Waals surface area contributed by atoms with Crippen molar-refractivity contribution in [2.75, 3.05) is 13.7 Å². The number of allylic oxidation sites excluding steroid dienone is 1. The van der Waals surface area contributed by atoms with E-state index in [1.165, 1.54) is 5.56 Å². The summed E-state index contributed by atoms with van der Waals surface area (Å²) >= 11 is 0. The molecule has 90 valence electrons. The molecule has 2 rings (SSSR count). The highest BCUT2D eigenvalue weighted by Crippen LogP contribution is 2.30. The highest BCUT2D eigenvalue weighted by molar-refractivity contribution is 5.70. The van der Waals surface area contributed by atoms with Gasteiger partial charge in [0, 0.05) is 13.0 Å². The van der Waals surface area contributed by atoms with Crippen LogP contribution in [0.3, 0.4) is 0 Å². The second-order valence-electron chi connectivity index (χ2n) is 4.30. The first-order valence-corrected chi connectivity index (χ1v) is 5.79. The van der Waals surface area contributed by atoms with Crippen molar-refractivity contribution in [3.05, 3.63) is 48.6 Å². The number of likely N-dealkylation sites (N-methyl/N-ethyl adjacent to an activating group) is 1. The van der Waals surface area contributed by atoms with Gasteiger partial charge in [0.1, 0.15) is 6.61 Å². The first-order valence-electron chi connectivity index (χ1n) is 5.79. The van der Waals surface area contributed by atoms with E-state index in [0.717, 1.165) is 6.42 Å². The van der Waals surface area contributed by atoms with Gasteiger partial charge in [-0.3, -0.25) is 0 Å². The first-order chi connectivity index (χ1) is 8.24. The molecule has 2 atom stereocenters. The standard InChI is InChI=1S/C14H17NO2/c1-3-7-12(11-8-5-4-6-9-11)13-10-17-14(16)15(13)2/h3-6,8-9,12-13H,1,7,10H2,2H3/t12-,13+/m0/s1. The van der Waals surface area contributed by atoms with Gasteiger partial charge in [-0.15, -0.1) is 6.58 Å². The molecular formula is C14H17NO2. The number of benzene rings is 1. The fourth-order valence-corrected chi connectivity index (χ4v) is 2.29. The van der Waals surface area contributed by atoms with Gasteiger partial charge in [0.2, 0.25) is 0 Å². The van der Waals surface area contributed by atoms with Gasteiger partial charge in [-0.25, -0.2) is 4.79 Å². The third kappa shape index (κ3) is 2.33. The van der Waals surface area contributed by atoms with Crippen LogP contribution in [0, 0.1) is 0 Å². The molecule has 0 spiro atoms. The fourth-order valence-electron chi connectivity index (χ4n) is 2.29. The summed E-state index contributed by atoms with van der Waals surface area (Å²) < 4.78 is 5.08. The number of carbonyl (C=O) groups is 1. The lowest BCUT2D eigenvalue weighted by molar-refractivity contribution is 0.163. The Morgan fingerprint density at radius 2 is 2.24 bits per heavy atom. The van der Waals surface area contributed by atoms with E-state index in [4.69, 9.17) is 4.74 Å². The number of amides is 1. The van der Waals surface area contributed by atoms with Gasteiger partial charge in [-0.05, 0) is 12.0 Å². The topological polar surface area (TPSA) is 29.5 Å². The minimum atomic E-state index is -0.236. The van der Waals surface area contributed by atoms with Crippen LogP contribution in [0.25, 0.3) is 0 Å². The molecule has 1 aromatic carbocycles. The molecule has 1 aliphatic heterocycles. The molecule has 1 amide bonds. The highest BCUT2D eigenvalue weighted by atomic mass is 16.6. The molecule has 0 aromatic heterocycles. The maximum Gasteiger partial charge on any atom is 0.409 e. The molecule has 0 N–H and O–H groups in total. The average molecular weight is 231 g/mol. The molecule has 3 nitrogen and oxygen atoms in total. The predicted octanol–water partition coefficient (Wildman–Crippen LogP) is 2.80. The van der Waals surface area contributed by atoms with Crippen LogP contribution in [0.4, 0.5) is 4.79 Å². The number of cyclic esters (lactones) is 1. The zero-order valence-corrected chi connectivity index (χ0v) is 10.0. The van der Waals surface area contributed by atoms with Gasteiger partial charge < -0.3 is 9.64 Å². The van der Waals surface area contributed by atoms with Crippen LogP contribution in [0.5, 0.6) is 0 Å². The zero-order valence-electron chi connectivity index (χ0n) is 10.0. The summed E-state index contributed by atoms with van der Waals surface area (Å²) in [5, 5.41) is 0. The molecule has 0 unspecified atom stereocenters. The summed E-state index contributed by atoms with van der Waals surface area (Å²) in [6.07, 6.45) is 2.50. The Kier molecular flexibility index (Phi) is 3.47. The lowest BCUT2D eigenvalue weighted by atomic mass is 9.88. The van der Waals surface area contributed by atoms with Crippen molar-refractivity contribution < 1.29 is 9.53 Å². The van der Waals surface area contributed by atoms with E-state index >= 15 is 0 Å². The summed E-state index contributed by atoms with van der Waals surface area (Å²) in [7, 11) is 1.79. The molecule has 0 saturated carbocycles. The van der Waals surface area contributed by atoms with Crippen LogP contribution in [0.2, 0.25) is 0 Å². The van der Waals surface area contributed by atoms with Crippen molar-refractivity contribution in [2.45, 2.75) is 18.4 Å². The second-order valence-corrected chi connectivity index (χ2v) is 4.30. The minimum Gasteiger partial charge on any atom is -0.447 e. The average Bonchev–Trinajstić information content (AvgIpc) is 2.69. The van der Waals surface area contributed by atoms with Gasteiger partial charge in [0.05, 0.1) is 6.04 Å². The van der Waals surface area contributed by atoms with Crippen LogP contribution in [0.1, 0.15) is 17.9 Å². The fraction of sp³-hybridized carbons (Fsp3) is 0.357. The second kappa shape index (κ2) is 5.04. The maximum atomic E-state index is 11.4. The number of ether oxygens (including phenoxy) is 1. The van der Waals surface area contributed by atoms with Crippen molar-refractivity contribution in [1.29, 1.82) is 0 Å². The van der Waals surface area contributed by atoms with E-state index in [-0.39, 0.29) is 18.1 Å². The van der Waals surface area contributed by atoms with Gasteiger partial charge in [0.15, 0.2) is 0 Å². The highest BCUT2D eigenvalue weighted by Gasteiger charge is 2.35. The van der Waals surface area contributed by atoms with Crippen LogP contribution in [0.15, 0.2) is 43.0 Å². The van der Waals surface area contributed by atoms with Crippen LogP contribution in [-0.2, 0) is 4.74 Å². The van der Waals surface area contributed by atoms with E-state index in [0.29, 0.717) is 6.61 Å². The molecule has 1 saturated heterocycles. The Morgan fingerprint density at radius 3 is 2.76 bits per heavy atom. The predicted molar refractivity (Wildman–Crippen MR) is 66.9 cm³/mol. The zero-order chi connectivity index (χ0) is 12.3. The van der Waals surface area contributed by atoms with E-state index in [1.54, 1.807) is 11.9 Å². The van der Waals surface area contributed by atoms with E-state index in [1.807, 2.05) is 24.3 Å². The Labute approximate surface area is 102 Å². The molecule has 0 radical (unpaired) electrons. The molecule has 3 heteroatoms. The summed E-state index contributed by atoms with van der Waals surface area (Å²) in [5.41, 5.74) is 1.22. The molecule has 1 heterocycles. The Balaban J connectivity index is 2.24. The number of nitrogens with zero attached hydrogens (tertiary/aromatic N) is 1. The van der Waals surface area contributed by atoms with Gasteiger partial charge >= 0.3 is 6.09 Å². The summed E-state index contributed by atoms with van der Waals surface area (Å²) in [6, 6.07) is 10.3. The van der Waals surface area contributed by atoms with Crippen LogP contribution < -0.4 is 0 Å². The summed E-state index contributed by atoms with van der Waals surface area (Å²) in [5.74, 6) is 0.255. The lowest BCUT2D eigenvalue weighted by Gasteiger charge is -2.26. The number of carbonyl (C=O) groups excluding carboxylic acids is 1. The Hall–Kier alpha value is -1.77. The number of rotatable bonds is 4. The largest absolute Gasteiger partial charge is 0.447 e. The van der Waals surface area contributed by atoms with Gasteiger partial charge in [-0.2, -0.15) is 0 Å². The summed E-state index contributed by atoms with van der Waals surface area (Å²) in [6.45, 7) is 4.26. The van der Waals surface area contributed by atoms with Gasteiger partial charge in [0.25, 0.3) is 0 Å². The molecule has 1 fully saturated rings. The summed E-state index contributed by atoms with van der Waals surface area (Å²) in [4.78, 5) is 13.1. The van der Waals surface area contributed by atoms with Crippen molar-refractivity contribution in [2.24, 2.45) is 0 Å². The van der Waals surface area contributed by atoms with Crippen molar-refractivity contribution >= 4 is 6.09 Å². The Bertz CT molecular complexity index is 402. The van der Waals surface area contributed by atoms with Gasteiger partial charge in [-0.1, -0.05) is 36.4 Å². The molecule has 17 heavy (non-hydrogen) atoms. The third-order valence-corrected chi connectivity index (χ3v) is 3.28. The van der Waals surface area contributed by atoms with Crippen molar-refractivity contribution in [3.8, 4) is 0 Å². The van der Waals surface area contributed by atoms with E-state index in [9.17, 15) is 4.79 Å². The lowest BCUT2D eigenvalue weighted by Crippen LogP contribution is -2.34. The monoisotopic (exact) mass is 231 g/mol. The molecule has 1 aliphatic rings. The molecule has 0 aliphatic carbocycles. The SMILES string of the molecule is C=CC[C@@H](c1ccccc1)[C@H]1COC(=O)N1C. The maximum absolute atomic E-state index is 11.4. The normalized spacial score (nSPS) is 21.1. The molecular weight excluding hydrogens is 214 g/mol. The van der Waals surface area contributed by atoms with Crippen molar-refractivity contribution in [1.82, 2.24) is 4.90 Å². The smallest absolute Gasteiger partial charge is 0.409 e. The van der Waals surface area contributed by atoms with Crippen LogP contribution in [-0.4, -0.2) is 30.7 Å². The van der Waals surface area contributed by atoms with E-state index < -0.39 is 0 Å². The quantitative estimate of drug-likeness (QED) is 0.746.